The van der Waals surface area contributed by atoms with Crippen LogP contribution < -0.4 is 4.74 Å². The van der Waals surface area contributed by atoms with Crippen molar-refractivity contribution in [1.29, 1.82) is 0 Å². The van der Waals surface area contributed by atoms with Gasteiger partial charge < -0.3 is 9.15 Å². The molecule has 0 spiro atoms. The molecule has 0 aliphatic heterocycles. The van der Waals surface area contributed by atoms with Gasteiger partial charge >= 0.3 is 5.95 Å². The topological polar surface area (TPSA) is 35.3 Å². The molecule has 3 rings (SSSR count). The molecule has 0 bridgehead atoms. The molecule has 0 N–H and O–H groups in total. The lowest BCUT2D eigenvalue weighted by Gasteiger charge is -2.01. The van der Waals surface area contributed by atoms with E-state index in [2.05, 4.69) is 29.2 Å². The molecular weight excluding hydrogens is 274 g/mol. The van der Waals surface area contributed by atoms with Gasteiger partial charge in [-0.15, -0.1) is 0 Å². The Balaban J connectivity index is 1.82. The smallest absolute Gasteiger partial charge is 0.308 e. The van der Waals surface area contributed by atoms with Crippen molar-refractivity contribution in [2.24, 2.45) is 0 Å². The Morgan fingerprint density at radius 2 is 1.45 bits per heavy atom. The van der Waals surface area contributed by atoms with Crippen LogP contribution in [0.15, 0.2) is 65.1 Å². The van der Waals surface area contributed by atoms with E-state index in [1.54, 1.807) is 0 Å². The van der Waals surface area contributed by atoms with Crippen LogP contribution in [0, 0.1) is 0 Å². The summed E-state index contributed by atoms with van der Waals surface area (Å²) in [4.78, 5) is 4.63. The summed E-state index contributed by atoms with van der Waals surface area (Å²) in [6, 6.07) is 20.4. The molecule has 112 valence electrons. The molecule has 0 atom stereocenters. The molecular formula is C19H19NO2. The van der Waals surface area contributed by atoms with E-state index >= 15 is 0 Å². The Bertz CT molecular complexity index is 705. The molecule has 2 aromatic carbocycles. The molecule has 1 aromatic heterocycles. The SMILES string of the molecule is CCOc1oc(Cc2ccccc2)nc1Cc1ccccc1. The van der Waals surface area contributed by atoms with Crippen LogP contribution in [0.25, 0.3) is 0 Å². The fraction of sp³-hybridized carbons (Fsp3) is 0.211. The monoisotopic (exact) mass is 293 g/mol. The van der Waals surface area contributed by atoms with Crippen LogP contribution in [0.1, 0.15) is 29.6 Å². The second kappa shape index (κ2) is 6.94. The molecule has 3 heteroatoms. The third kappa shape index (κ3) is 3.55. The van der Waals surface area contributed by atoms with Crippen LogP contribution >= 0.6 is 0 Å². The van der Waals surface area contributed by atoms with Gasteiger partial charge in [0.05, 0.1) is 6.61 Å². The van der Waals surface area contributed by atoms with Crippen molar-refractivity contribution in [2.75, 3.05) is 6.61 Å². The van der Waals surface area contributed by atoms with Crippen LogP contribution in [-0.4, -0.2) is 11.6 Å². The molecule has 0 fully saturated rings. The highest BCUT2D eigenvalue weighted by molar-refractivity contribution is 5.28. The zero-order valence-corrected chi connectivity index (χ0v) is 12.7. The number of oxazole rings is 1. The van der Waals surface area contributed by atoms with E-state index in [-0.39, 0.29) is 0 Å². The minimum absolute atomic E-state index is 0.539. The Labute approximate surface area is 130 Å². The van der Waals surface area contributed by atoms with E-state index in [0.29, 0.717) is 31.3 Å². The van der Waals surface area contributed by atoms with Gasteiger partial charge in [0.1, 0.15) is 5.69 Å². The van der Waals surface area contributed by atoms with Crippen molar-refractivity contribution in [2.45, 2.75) is 19.8 Å². The van der Waals surface area contributed by atoms with E-state index in [1.165, 1.54) is 11.1 Å². The minimum Gasteiger partial charge on any atom is -0.464 e. The predicted molar refractivity (Wildman–Crippen MR) is 86.2 cm³/mol. The number of hydrogen-bond acceptors (Lipinski definition) is 3. The second-order valence-corrected chi connectivity index (χ2v) is 5.10. The van der Waals surface area contributed by atoms with Gasteiger partial charge in [0.25, 0.3) is 0 Å². The third-order valence-corrected chi connectivity index (χ3v) is 3.39. The fourth-order valence-electron chi connectivity index (χ4n) is 2.38. The zero-order valence-electron chi connectivity index (χ0n) is 12.7. The Morgan fingerprint density at radius 3 is 2.05 bits per heavy atom. The maximum atomic E-state index is 5.80. The summed E-state index contributed by atoms with van der Waals surface area (Å²) in [6.45, 7) is 2.52. The minimum atomic E-state index is 0.539. The van der Waals surface area contributed by atoms with Crippen LogP contribution in [0.2, 0.25) is 0 Å². The predicted octanol–water partition coefficient (Wildman–Crippen LogP) is 4.25. The van der Waals surface area contributed by atoms with Crippen molar-refractivity contribution < 1.29 is 9.15 Å². The van der Waals surface area contributed by atoms with Crippen LogP contribution in [0.3, 0.4) is 0 Å². The number of rotatable bonds is 6. The summed E-state index contributed by atoms with van der Waals surface area (Å²) in [6.07, 6.45) is 1.39. The van der Waals surface area contributed by atoms with E-state index < -0.39 is 0 Å². The molecule has 0 saturated carbocycles. The highest BCUT2D eigenvalue weighted by Gasteiger charge is 2.15. The summed E-state index contributed by atoms with van der Waals surface area (Å²) in [5.74, 6) is 1.23. The number of ether oxygens (including phenoxy) is 1. The van der Waals surface area contributed by atoms with Gasteiger partial charge in [0.15, 0.2) is 0 Å². The van der Waals surface area contributed by atoms with Gasteiger partial charge in [-0.05, 0) is 18.1 Å². The van der Waals surface area contributed by atoms with Crippen LogP contribution in [0.5, 0.6) is 5.95 Å². The van der Waals surface area contributed by atoms with Crippen molar-refractivity contribution in [3.05, 3.63) is 83.4 Å². The lowest BCUT2D eigenvalue weighted by atomic mass is 10.1. The highest BCUT2D eigenvalue weighted by atomic mass is 16.6. The third-order valence-electron chi connectivity index (χ3n) is 3.39. The summed E-state index contributed by atoms with van der Waals surface area (Å²) in [5.41, 5.74) is 3.24. The summed E-state index contributed by atoms with van der Waals surface area (Å²) in [5, 5.41) is 0. The summed E-state index contributed by atoms with van der Waals surface area (Å²) < 4.78 is 11.4. The molecule has 0 unspecified atom stereocenters. The Morgan fingerprint density at radius 1 is 0.864 bits per heavy atom. The first-order valence-electron chi connectivity index (χ1n) is 7.54. The molecule has 0 saturated heterocycles. The number of nitrogens with zero attached hydrogens (tertiary/aromatic N) is 1. The van der Waals surface area contributed by atoms with Gasteiger partial charge in [-0.25, -0.2) is 4.98 Å². The first-order chi connectivity index (χ1) is 10.8. The number of benzene rings is 2. The van der Waals surface area contributed by atoms with Crippen molar-refractivity contribution in [3.63, 3.8) is 0 Å². The first-order valence-corrected chi connectivity index (χ1v) is 7.54. The maximum Gasteiger partial charge on any atom is 0.308 e. The van der Waals surface area contributed by atoms with E-state index in [4.69, 9.17) is 9.15 Å². The van der Waals surface area contributed by atoms with Gasteiger partial charge in [0, 0.05) is 12.8 Å². The summed E-state index contributed by atoms with van der Waals surface area (Å²) in [7, 11) is 0. The Hall–Kier alpha value is -2.55. The molecule has 0 amide bonds. The lowest BCUT2D eigenvalue weighted by Crippen LogP contribution is -1.96. The zero-order chi connectivity index (χ0) is 15.2. The Kier molecular flexibility index (Phi) is 4.54. The highest BCUT2D eigenvalue weighted by Crippen LogP contribution is 2.24. The van der Waals surface area contributed by atoms with Gasteiger partial charge in [-0.2, -0.15) is 0 Å². The molecule has 1 heterocycles. The first kappa shape index (κ1) is 14.4. The molecule has 3 nitrogen and oxygen atoms in total. The van der Waals surface area contributed by atoms with Gasteiger partial charge in [-0.3, -0.25) is 0 Å². The van der Waals surface area contributed by atoms with Crippen molar-refractivity contribution >= 4 is 0 Å². The normalized spacial score (nSPS) is 10.6. The lowest BCUT2D eigenvalue weighted by molar-refractivity contribution is 0.248. The maximum absolute atomic E-state index is 5.80. The standard InChI is InChI=1S/C19H19NO2/c1-2-21-19-17(13-15-9-5-3-6-10-15)20-18(22-19)14-16-11-7-4-8-12-16/h3-12H,2,13-14H2,1H3. The van der Waals surface area contributed by atoms with Crippen LogP contribution in [0.4, 0.5) is 0 Å². The molecule has 3 aromatic rings. The second-order valence-electron chi connectivity index (χ2n) is 5.10. The molecule has 0 aliphatic rings. The van der Waals surface area contributed by atoms with E-state index in [9.17, 15) is 0 Å². The average molecular weight is 293 g/mol. The summed E-state index contributed by atoms with van der Waals surface area (Å²) >= 11 is 0. The van der Waals surface area contributed by atoms with Gasteiger partial charge in [-0.1, -0.05) is 60.7 Å². The van der Waals surface area contributed by atoms with Gasteiger partial charge in [0.2, 0.25) is 5.89 Å². The van der Waals surface area contributed by atoms with E-state index in [1.807, 2.05) is 43.3 Å². The molecule has 0 radical (unpaired) electrons. The average Bonchev–Trinajstić information content (AvgIpc) is 2.91. The largest absolute Gasteiger partial charge is 0.464 e. The van der Waals surface area contributed by atoms with Crippen LogP contribution in [-0.2, 0) is 12.8 Å². The number of aromatic nitrogens is 1. The number of hydrogen-bond donors (Lipinski definition) is 0. The van der Waals surface area contributed by atoms with Crippen molar-refractivity contribution in [3.8, 4) is 5.95 Å². The quantitative estimate of drug-likeness (QED) is 0.681. The molecule has 0 aliphatic carbocycles. The molecule has 22 heavy (non-hydrogen) atoms. The fourth-order valence-corrected chi connectivity index (χ4v) is 2.38. The van der Waals surface area contributed by atoms with Crippen molar-refractivity contribution in [1.82, 2.24) is 4.98 Å². The van der Waals surface area contributed by atoms with E-state index in [0.717, 1.165) is 5.69 Å².